The fraction of sp³-hybridized carbons (Fsp3) is 0.130. The van der Waals surface area contributed by atoms with Gasteiger partial charge in [-0.05, 0) is 36.8 Å². The summed E-state index contributed by atoms with van der Waals surface area (Å²) in [4.78, 5) is 27.9. The Labute approximate surface area is 186 Å². The Kier molecular flexibility index (Phi) is 4.75. The zero-order chi connectivity index (χ0) is 22.4. The molecule has 1 amide bonds. The van der Waals surface area contributed by atoms with E-state index in [9.17, 15) is 14.7 Å². The maximum absolute atomic E-state index is 13.5. The van der Waals surface area contributed by atoms with E-state index in [0.29, 0.717) is 21.9 Å². The number of hydrogen-bond acceptors (Lipinski definition) is 8. The van der Waals surface area contributed by atoms with Crippen LogP contribution in [0.15, 0.2) is 70.3 Å². The van der Waals surface area contributed by atoms with Gasteiger partial charge in [-0.3, -0.25) is 14.5 Å². The fourth-order valence-electron chi connectivity index (χ4n) is 3.75. The summed E-state index contributed by atoms with van der Waals surface area (Å²) in [7, 11) is 1.55. The summed E-state index contributed by atoms with van der Waals surface area (Å²) in [6.45, 7) is 1.76. The third kappa shape index (κ3) is 3.14. The Morgan fingerprint density at radius 3 is 2.56 bits per heavy atom. The predicted molar refractivity (Wildman–Crippen MR) is 118 cm³/mol. The number of aromatic nitrogens is 2. The molecule has 0 saturated heterocycles. The van der Waals surface area contributed by atoms with Crippen molar-refractivity contribution < 1.29 is 23.8 Å². The first kappa shape index (κ1) is 20.0. The lowest BCUT2D eigenvalue weighted by Crippen LogP contribution is -2.31. The van der Waals surface area contributed by atoms with E-state index in [1.165, 1.54) is 16.2 Å². The molecule has 9 heteroatoms. The summed E-state index contributed by atoms with van der Waals surface area (Å²) >= 11 is 1.20. The molecule has 0 radical (unpaired) electrons. The second-order valence-corrected chi connectivity index (χ2v) is 8.35. The number of anilines is 1. The molecular formula is C23H17N3O5S. The van der Waals surface area contributed by atoms with Gasteiger partial charge >= 0.3 is 0 Å². The van der Waals surface area contributed by atoms with E-state index in [1.807, 2.05) is 12.1 Å². The zero-order valence-corrected chi connectivity index (χ0v) is 17.9. The highest BCUT2D eigenvalue weighted by molar-refractivity contribution is 7.15. The Bertz CT molecular complexity index is 1350. The summed E-state index contributed by atoms with van der Waals surface area (Å²) < 4.78 is 10.9. The van der Waals surface area contributed by atoms with Crippen LogP contribution < -0.4 is 9.64 Å². The van der Waals surface area contributed by atoms with E-state index in [-0.39, 0.29) is 16.5 Å². The number of rotatable bonds is 5. The lowest BCUT2D eigenvalue weighted by Gasteiger charge is -2.24. The van der Waals surface area contributed by atoms with Gasteiger partial charge < -0.3 is 14.3 Å². The van der Waals surface area contributed by atoms with Crippen LogP contribution in [-0.2, 0) is 4.79 Å². The van der Waals surface area contributed by atoms with E-state index in [1.54, 1.807) is 56.5 Å². The molecule has 2 aromatic carbocycles. The van der Waals surface area contributed by atoms with Gasteiger partial charge in [-0.2, -0.15) is 0 Å². The standard InChI is InChI=1S/C23H17N3O5S/c1-12-24-25-23(32-12)26-19(13-7-9-15(30-2)10-8-13)18(21(28)22(26)29)20(27)17-11-14-5-3-4-6-16(14)31-17/h3-11,19,28H,1-2H3. The number of fused-ring (bicyclic) bond motifs is 1. The first-order valence-electron chi connectivity index (χ1n) is 9.72. The summed E-state index contributed by atoms with van der Waals surface area (Å²) in [6.07, 6.45) is 0. The van der Waals surface area contributed by atoms with Crippen LogP contribution in [0.5, 0.6) is 5.75 Å². The highest BCUT2D eigenvalue weighted by atomic mass is 32.1. The van der Waals surface area contributed by atoms with Gasteiger partial charge in [0, 0.05) is 5.39 Å². The Morgan fingerprint density at radius 1 is 1.16 bits per heavy atom. The molecule has 0 fully saturated rings. The van der Waals surface area contributed by atoms with Crippen LogP contribution in [0.2, 0.25) is 0 Å². The molecular weight excluding hydrogens is 430 g/mol. The minimum atomic E-state index is -0.901. The second kappa shape index (κ2) is 7.61. The molecule has 0 saturated carbocycles. The van der Waals surface area contributed by atoms with Gasteiger partial charge in [0.15, 0.2) is 11.5 Å². The number of carbonyl (C=O) groups is 2. The Hall–Kier alpha value is -3.98. The minimum absolute atomic E-state index is 0.0364. The molecule has 160 valence electrons. The van der Waals surface area contributed by atoms with Gasteiger partial charge in [0.1, 0.15) is 16.3 Å². The van der Waals surface area contributed by atoms with Crippen molar-refractivity contribution in [1.29, 1.82) is 0 Å². The second-order valence-electron chi connectivity index (χ2n) is 7.19. The number of ether oxygens (including phenoxy) is 1. The summed E-state index contributed by atoms with van der Waals surface area (Å²) in [6, 6.07) is 14.8. The van der Waals surface area contributed by atoms with Gasteiger partial charge in [-0.1, -0.05) is 41.7 Å². The third-order valence-corrected chi connectivity index (χ3v) is 6.09. The average molecular weight is 447 g/mol. The fourth-order valence-corrected chi connectivity index (χ4v) is 4.46. The molecule has 1 aliphatic heterocycles. The first-order chi connectivity index (χ1) is 15.5. The van der Waals surface area contributed by atoms with E-state index in [2.05, 4.69) is 10.2 Å². The molecule has 0 aliphatic carbocycles. The number of methoxy groups -OCH3 is 1. The number of aryl methyl sites for hydroxylation is 1. The predicted octanol–water partition coefficient (Wildman–Crippen LogP) is 4.38. The number of para-hydroxylation sites is 1. The van der Waals surface area contributed by atoms with E-state index in [4.69, 9.17) is 9.15 Å². The van der Waals surface area contributed by atoms with Crippen LogP contribution in [0.25, 0.3) is 11.0 Å². The van der Waals surface area contributed by atoms with Crippen LogP contribution in [0.3, 0.4) is 0 Å². The molecule has 1 atom stereocenters. The lowest BCUT2D eigenvalue weighted by molar-refractivity contribution is -0.117. The quantitative estimate of drug-likeness (QED) is 0.453. The van der Waals surface area contributed by atoms with Crippen molar-refractivity contribution in [2.75, 3.05) is 12.0 Å². The van der Waals surface area contributed by atoms with Crippen molar-refractivity contribution in [2.24, 2.45) is 0 Å². The van der Waals surface area contributed by atoms with E-state index in [0.717, 1.165) is 5.39 Å². The molecule has 4 aromatic rings. The topological polar surface area (TPSA) is 106 Å². The number of Topliss-reactive ketones (excluding diaryl/α,β-unsaturated/α-hetero) is 1. The molecule has 32 heavy (non-hydrogen) atoms. The SMILES string of the molecule is COc1ccc(C2C(C(=O)c3cc4ccccc4o3)=C(O)C(=O)N2c2nnc(C)s2)cc1. The highest BCUT2D eigenvalue weighted by Gasteiger charge is 2.46. The minimum Gasteiger partial charge on any atom is -0.503 e. The van der Waals surface area contributed by atoms with Crippen molar-refractivity contribution in [1.82, 2.24) is 10.2 Å². The van der Waals surface area contributed by atoms with E-state index >= 15 is 0 Å². The molecule has 8 nitrogen and oxygen atoms in total. The average Bonchev–Trinajstić information content (AvgIpc) is 3.50. The molecule has 1 unspecified atom stereocenters. The normalized spacial score (nSPS) is 16.2. The third-order valence-electron chi connectivity index (χ3n) is 5.26. The molecule has 3 heterocycles. The maximum Gasteiger partial charge on any atom is 0.296 e. The number of aliphatic hydroxyl groups excluding tert-OH is 1. The first-order valence-corrected chi connectivity index (χ1v) is 10.5. The molecule has 5 rings (SSSR count). The van der Waals surface area contributed by atoms with Crippen LogP contribution in [-0.4, -0.2) is 34.1 Å². The number of hydrogen-bond donors (Lipinski definition) is 1. The molecule has 0 bridgehead atoms. The molecule has 1 N–H and O–H groups in total. The Morgan fingerprint density at radius 2 is 1.91 bits per heavy atom. The summed E-state index contributed by atoms with van der Waals surface area (Å²) in [5, 5.41) is 20.5. The summed E-state index contributed by atoms with van der Waals surface area (Å²) in [5.74, 6) is -1.27. The number of furan rings is 1. The van der Waals surface area contributed by atoms with Gasteiger partial charge in [-0.25, -0.2) is 0 Å². The lowest BCUT2D eigenvalue weighted by atomic mass is 9.95. The van der Waals surface area contributed by atoms with Crippen molar-refractivity contribution in [3.8, 4) is 5.75 Å². The van der Waals surface area contributed by atoms with Crippen molar-refractivity contribution in [3.63, 3.8) is 0 Å². The maximum atomic E-state index is 13.5. The largest absolute Gasteiger partial charge is 0.503 e. The van der Waals surface area contributed by atoms with Gasteiger partial charge in [0.2, 0.25) is 10.9 Å². The van der Waals surface area contributed by atoms with Crippen LogP contribution in [0, 0.1) is 6.92 Å². The molecule has 0 spiro atoms. The van der Waals surface area contributed by atoms with Crippen molar-refractivity contribution in [3.05, 3.63) is 82.3 Å². The summed E-state index contributed by atoms with van der Waals surface area (Å²) in [5.41, 5.74) is 1.07. The van der Waals surface area contributed by atoms with Crippen molar-refractivity contribution in [2.45, 2.75) is 13.0 Å². The number of aliphatic hydroxyl groups is 1. The van der Waals surface area contributed by atoms with Gasteiger partial charge in [0.25, 0.3) is 5.91 Å². The zero-order valence-electron chi connectivity index (χ0n) is 17.1. The van der Waals surface area contributed by atoms with Crippen LogP contribution in [0.1, 0.15) is 27.2 Å². The number of ketones is 1. The Balaban J connectivity index is 1.65. The smallest absolute Gasteiger partial charge is 0.296 e. The van der Waals surface area contributed by atoms with Crippen LogP contribution >= 0.6 is 11.3 Å². The number of carbonyl (C=O) groups excluding carboxylic acids is 2. The number of nitrogens with zero attached hydrogens (tertiary/aromatic N) is 3. The van der Waals surface area contributed by atoms with E-state index < -0.39 is 23.5 Å². The van der Waals surface area contributed by atoms with Crippen LogP contribution in [0.4, 0.5) is 5.13 Å². The van der Waals surface area contributed by atoms with Gasteiger partial charge in [-0.15, -0.1) is 10.2 Å². The number of benzene rings is 2. The highest BCUT2D eigenvalue weighted by Crippen LogP contribution is 2.43. The van der Waals surface area contributed by atoms with Crippen molar-refractivity contribution >= 4 is 39.1 Å². The molecule has 1 aliphatic rings. The molecule has 2 aromatic heterocycles. The number of amides is 1. The monoisotopic (exact) mass is 447 g/mol. The van der Waals surface area contributed by atoms with Gasteiger partial charge in [0.05, 0.1) is 18.7 Å².